The Morgan fingerprint density at radius 3 is 2.55 bits per heavy atom. The highest BCUT2D eigenvalue weighted by Crippen LogP contribution is 2.39. The van der Waals surface area contributed by atoms with E-state index >= 15 is 0 Å². The van der Waals surface area contributed by atoms with Gasteiger partial charge in [0.15, 0.2) is 0 Å². The van der Waals surface area contributed by atoms with E-state index in [-0.39, 0.29) is 30.9 Å². The lowest BCUT2D eigenvalue weighted by molar-refractivity contribution is -0.144. The molecule has 0 atom stereocenters. The zero-order chi connectivity index (χ0) is 16.2. The summed E-state index contributed by atoms with van der Waals surface area (Å²) in [6.07, 6.45) is -0.289. The first-order valence-electron chi connectivity index (χ1n) is 7.77. The van der Waals surface area contributed by atoms with Crippen molar-refractivity contribution in [3.63, 3.8) is 0 Å². The smallest absolute Gasteiger partial charge is 0.416 e. The number of hydrogen-bond donors (Lipinski definition) is 0. The predicted octanol–water partition coefficient (Wildman–Crippen LogP) is 4.86. The molecule has 1 aromatic carbocycles. The van der Waals surface area contributed by atoms with Crippen molar-refractivity contribution in [2.75, 3.05) is 6.61 Å². The largest absolute Gasteiger partial charge is 0.466 e. The number of halogens is 3. The van der Waals surface area contributed by atoms with Crippen LogP contribution in [-0.2, 0) is 22.1 Å². The SMILES string of the molecule is CCOC(=O)CCc1ccc(C2CCCC2)cc1C(F)(F)F. The Morgan fingerprint density at radius 1 is 1.27 bits per heavy atom. The minimum atomic E-state index is -4.39. The van der Waals surface area contributed by atoms with Crippen LogP contribution in [0.2, 0.25) is 0 Å². The van der Waals surface area contributed by atoms with Crippen LogP contribution in [0.4, 0.5) is 13.2 Å². The molecule has 2 rings (SSSR count). The second-order valence-corrected chi connectivity index (χ2v) is 5.70. The molecule has 1 aromatic rings. The van der Waals surface area contributed by atoms with E-state index in [0.717, 1.165) is 31.2 Å². The maximum absolute atomic E-state index is 13.3. The molecule has 0 N–H and O–H groups in total. The van der Waals surface area contributed by atoms with Crippen molar-refractivity contribution in [1.82, 2.24) is 0 Å². The van der Waals surface area contributed by atoms with Crippen LogP contribution in [-0.4, -0.2) is 12.6 Å². The quantitative estimate of drug-likeness (QED) is 0.726. The highest BCUT2D eigenvalue weighted by atomic mass is 19.4. The molecule has 0 radical (unpaired) electrons. The molecule has 122 valence electrons. The first kappa shape index (κ1) is 16.8. The number of carbonyl (C=O) groups excluding carboxylic acids is 1. The van der Waals surface area contributed by atoms with Gasteiger partial charge >= 0.3 is 12.1 Å². The third-order valence-electron chi connectivity index (χ3n) is 4.17. The highest BCUT2D eigenvalue weighted by Gasteiger charge is 2.34. The Labute approximate surface area is 128 Å². The molecule has 0 aromatic heterocycles. The van der Waals surface area contributed by atoms with E-state index in [2.05, 4.69) is 0 Å². The lowest BCUT2D eigenvalue weighted by Crippen LogP contribution is -2.12. The lowest BCUT2D eigenvalue weighted by atomic mass is 9.92. The number of hydrogen-bond acceptors (Lipinski definition) is 2. The van der Waals surface area contributed by atoms with Crippen molar-refractivity contribution in [2.24, 2.45) is 0 Å². The number of alkyl halides is 3. The molecule has 1 aliphatic carbocycles. The molecule has 2 nitrogen and oxygen atoms in total. The molecule has 0 unspecified atom stereocenters. The van der Waals surface area contributed by atoms with Gasteiger partial charge in [-0.05, 0) is 49.3 Å². The topological polar surface area (TPSA) is 26.3 Å². The van der Waals surface area contributed by atoms with E-state index in [4.69, 9.17) is 4.74 Å². The van der Waals surface area contributed by atoms with Gasteiger partial charge in [-0.2, -0.15) is 13.2 Å². The van der Waals surface area contributed by atoms with Crippen LogP contribution < -0.4 is 0 Å². The molecule has 22 heavy (non-hydrogen) atoms. The van der Waals surface area contributed by atoms with E-state index in [0.29, 0.717) is 0 Å². The van der Waals surface area contributed by atoms with Crippen LogP contribution in [0.3, 0.4) is 0 Å². The minimum absolute atomic E-state index is 0.0281. The summed E-state index contributed by atoms with van der Waals surface area (Å²) in [5.74, 6) is -0.226. The summed E-state index contributed by atoms with van der Waals surface area (Å²) < 4.78 is 44.6. The van der Waals surface area contributed by atoms with Gasteiger partial charge in [-0.3, -0.25) is 4.79 Å². The number of aryl methyl sites for hydroxylation is 1. The molecule has 0 bridgehead atoms. The molecule has 5 heteroatoms. The van der Waals surface area contributed by atoms with E-state index < -0.39 is 17.7 Å². The number of benzene rings is 1. The van der Waals surface area contributed by atoms with Gasteiger partial charge in [0.1, 0.15) is 0 Å². The Hall–Kier alpha value is -1.52. The first-order valence-corrected chi connectivity index (χ1v) is 7.77. The maximum Gasteiger partial charge on any atom is 0.416 e. The molecule has 1 saturated carbocycles. The lowest BCUT2D eigenvalue weighted by Gasteiger charge is -2.17. The van der Waals surface area contributed by atoms with Crippen LogP contribution in [0.5, 0.6) is 0 Å². The summed E-state index contributed by atoms with van der Waals surface area (Å²) in [5.41, 5.74) is 0.327. The van der Waals surface area contributed by atoms with Gasteiger partial charge in [-0.1, -0.05) is 25.0 Å². The van der Waals surface area contributed by atoms with Crippen LogP contribution in [0.15, 0.2) is 18.2 Å². The molecule has 0 saturated heterocycles. The fourth-order valence-corrected chi connectivity index (χ4v) is 3.06. The standard InChI is InChI=1S/C17H21F3O2/c1-2-22-16(21)10-9-13-7-8-14(12-5-3-4-6-12)11-15(13)17(18,19)20/h7-8,11-12H,2-6,9-10H2,1H3. The van der Waals surface area contributed by atoms with E-state index in [1.54, 1.807) is 13.0 Å². The summed E-state index contributed by atoms with van der Waals surface area (Å²) in [5, 5.41) is 0. The van der Waals surface area contributed by atoms with Crippen molar-refractivity contribution >= 4 is 5.97 Å². The fourth-order valence-electron chi connectivity index (χ4n) is 3.06. The normalized spacial score (nSPS) is 16.0. The third kappa shape index (κ3) is 4.24. The van der Waals surface area contributed by atoms with Crippen molar-refractivity contribution < 1.29 is 22.7 Å². The van der Waals surface area contributed by atoms with E-state index in [9.17, 15) is 18.0 Å². The Kier molecular flexibility index (Phi) is 5.48. The van der Waals surface area contributed by atoms with Crippen LogP contribution in [0.25, 0.3) is 0 Å². The molecular weight excluding hydrogens is 293 g/mol. The average Bonchev–Trinajstić information content (AvgIpc) is 2.98. The van der Waals surface area contributed by atoms with Gasteiger partial charge in [0.2, 0.25) is 0 Å². The fraction of sp³-hybridized carbons (Fsp3) is 0.588. The molecule has 0 heterocycles. The summed E-state index contributed by atoms with van der Waals surface area (Å²) in [7, 11) is 0. The number of esters is 1. The first-order chi connectivity index (χ1) is 10.4. The number of carbonyl (C=O) groups is 1. The Balaban J connectivity index is 2.19. The van der Waals surface area contributed by atoms with Crippen LogP contribution in [0, 0.1) is 0 Å². The van der Waals surface area contributed by atoms with Crippen molar-refractivity contribution in [2.45, 2.75) is 57.5 Å². The summed E-state index contributed by atoms with van der Waals surface area (Å²) in [4.78, 5) is 11.3. The zero-order valence-electron chi connectivity index (χ0n) is 12.7. The van der Waals surface area contributed by atoms with Gasteiger partial charge in [0.25, 0.3) is 0 Å². The van der Waals surface area contributed by atoms with E-state index in [1.807, 2.05) is 0 Å². The van der Waals surface area contributed by atoms with Gasteiger partial charge < -0.3 is 4.74 Å². The van der Waals surface area contributed by atoms with E-state index in [1.165, 1.54) is 12.1 Å². The Bertz CT molecular complexity index is 517. The molecular formula is C17H21F3O2. The van der Waals surface area contributed by atoms with Crippen LogP contribution >= 0.6 is 0 Å². The predicted molar refractivity (Wildman–Crippen MR) is 77.6 cm³/mol. The van der Waals surface area contributed by atoms with Gasteiger partial charge in [-0.25, -0.2) is 0 Å². The third-order valence-corrected chi connectivity index (χ3v) is 4.17. The molecule has 1 aliphatic rings. The van der Waals surface area contributed by atoms with Gasteiger partial charge in [0, 0.05) is 6.42 Å². The Morgan fingerprint density at radius 2 is 1.95 bits per heavy atom. The molecule has 0 aliphatic heterocycles. The summed E-state index contributed by atoms with van der Waals surface area (Å²) >= 11 is 0. The van der Waals surface area contributed by atoms with Crippen molar-refractivity contribution in [3.05, 3.63) is 34.9 Å². The summed E-state index contributed by atoms with van der Waals surface area (Å²) in [6.45, 7) is 1.92. The molecule has 0 amide bonds. The molecule has 1 fully saturated rings. The monoisotopic (exact) mass is 314 g/mol. The summed E-state index contributed by atoms with van der Waals surface area (Å²) in [6, 6.07) is 4.58. The second-order valence-electron chi connectivity index (χ2n) is 5.70. The second kappa shape index (κ2) is 7.16. The van der Waals surface area contributed by atoms with Crippen molar-refractivity contribution in [1.29, 1.82) is 0 Å². The number of rotatable bonds is 5. The molecule has 0 spiro atoms. The zero-order valence-corrected chi connectivity index (χ0v) is 12.7. The average molecular weight is 314 g/mol. The highest BCUT2D eigenvalue weighted by molar-refractivity contribution is 5.69. The van der Waals surface area contributed by atoms with Crippen molar-refractivity contribution in [3.8, 4) is 0 Å². The minimum Gasteiger partial charge on any atom is -0.466 e. The number of ether oxygens (including phenoxy) is 1. The maximum atomic E-state index is 13.3. The van der Waals surface area contributed by atoms with Gasteiger partial charge in [0.05, 0.1) is 12.2 Å². The van der Waals surface area contributed by atoms with Gasteiger partial charge in [-0.15, -0.1) is 0 Å². The van der Waals surface area contributed by atoms with Crippen LogP contribution in [0.1, 0.15) is 61.6 Å².